The number of carbonyl (C=O) groups is 1. The first-order chi connectivity index (χ1) is 11.7. The van der Waals surface area contributed by atoms with Crippen LogP contribution < -0.4 is 4.90 Å². The minimum atomic E-state index is -0.546. The van der Waals surface area contributed by atoms with Crippen LogP contribution in [-0.2, 0) is 4.74 Å². The van der Waals surface area contributed by atoms with Crippen molar-refractivity contribution >= 4 is 17.5 Å². The summed E-state index contributed by atoms with van der Waals surface area (Å²) in [5, 5.41) is 20.2. The van der Waals surface area contributed by atoms with Gasteiger partial charge in [-0.25, -0.2) is 4.79 Å². The van der Waals surface area contributed by atoms with Crippen LogP contribution in [0.1, 0.15) is 32.8 Å². The van der Waals surface area contributed by atoms with Gasteiger partial charge in [-0.3, -0.25) is 10.1 Å². The number of carbonyl (C=O) groups excluding carboxylic acids is 1. The van der Waals surface area contributed by atoms with Gasteiger partial charge in [0.15, 0.2) is 0 Å². The van der Waals surface area contributed by atoms with Crippen LogP contribution in [0.3, 0.4) is 0 Å². The molecule has 0 unspecified atom stereocenters. The van der Waals surface area contributed by atoms with Crippen LogP contribution in [0.2, 0.25) is 0 Å². The van der Waals surface area contributed by atoms with Crippen molar-refractivity contribution in [2.75, 3.05) is 31.1 Å². The molecule has 1 aliphatic rings. The normalized spacial score (nSPS) is 15.3. The number of benzene rings is 1. The number of anilines is 1. The minimum absolute atomic E-state index is 0.106. The van der Waals surface area contributed by atoms with E-state index < -0.39 is 10.5 Å². The van der Waals surface area contributed by atoms with E-state index in [0.29, 0.717) is 31.9 Å². The van der Waals surface area contributed by atoms with Crippen molar-refractivity contribution in [2.45, 2.75) is 32.8 Å². The molecule has 0 radical (unpaired) electrons. The van der Waals surface area contributed by atoms with Gasteiger partial charge in [-0.15, -0.1) is 0 Å². The molecule has 134 valence electrons. The van der Waals surface area contributed by atoms with Gasteiger partial charge in [-0.2, -0.15) is 5.26 Å². The van der Waals surface area contributed by atoms with Crippen LogP contribution in [0.4, 0.5) is 16.2 Å². The lowest BCUT2D eigenvalue weighted by Gasteiger charge is -2.27. The Labute approximate surface area is 146 Å². The molecule has 0 aliphatic carbocycles. The fourth-order valence-corrected chi connectivity index (χ4v) is 2.67. The lowest BCUT2D eigenvalue weighted by Crippen LogP contribution is -2.39. The van der Waals surface area contributed by atoms with Crippen molar-refractivity contribution in [3.63, 3.8) is 0 Å². The Morgan fingerprint density at radius 2 is 2.00 bits per heavy atom. The number of rotatable bonds is 2. The van der Waals surface area contributed by atoms with E-state index in [0.717, 1.165) is 6.42 Å². The molecule has 8 heteroatoms. The smallest absolute Gasteiger partial charge is 0.410 e. The quantitative estimate of drug-likeness (QED) is 0.603. The number of hydrogen-bond acceptors (Lipinski definition) is 6. The second kappa shape index (κ2) is 7.38. The fourth-order valence-electron chi connectivity index (χ4n) is 2.67. The maximum absolute atomic E-state index is 12.2. The summed E-state index contributed by atoms with van der Waals surface area (Å²) >= 11 is 0. The molecule has 1 aromatic rings. The van der Waals surface area contributed by atoms with Crippen LogP contribution in [-0.4, -0.2) is 47.7 Å². The van der Waals surface area contributed by atoms with Crippen LogP contribution in [0.25, 0.3) is 0 Å². The summed E-state index contributed by atoms with van der Waals surface area (Å²) in [6.07, 6.45) is 0.375. The summed E-state index contributed by atoms with van der Waals surface area (Å²) in [5.74, 6) is 0. The highest BCUT2D eigenvalue weighted by molar-refractivity contribution is 5.68. The van der Waals surface area contributed by atoms with Crippen LogP contribution >= 0.6 is 0 Å². The van der Waals surface area contributed by atoms with E-state index in [2.05, 4.69) is 0 Å². The molecular formula is C17H22N4O4. The van der Waals surface area contributed by atoms with Gasteiger partial charge in [0.1, 0.15) is 11.7 Å². The number of non-ortho nitro benzene ring substituents is 1. The molecule has 2 rings (SSSR count). The third kappa shape index (κ3) is 4.83. The highest BCUT2D eigenvalue weighted by Crippen LogP contribution is 2.26. The molecule has 8 nitrogen and oxygen atoms in total. The second-order valence-corrected chi connectivity index (χ2v) is 6.88. The van der Waals surface area contributed by atoms with Crippen molar-refractivity contribution in [3.8, 4) is 6.07 Å². The maximum Gasteiger partial charge on any atom is 0.410 e. The summed E-state index contributed by atoms with van der Waals surface area (Å²) in [4.78, 5) is 26.2. The molecule has 1 aliphatic heterocycles. The summed E-state index contributed by atoms with van der Waals surface area (Å²) in [5.41, 5.74) is 0.264. The van der Waals surface area contributed by atoms with E-state index in [1.165, 1.54) is 12.1 Å². The van der Waals surface area contributed by atoms with Crippen molar-refractivity contribution in [3.05, 3.63) is 33.9 Å². The maximum atomic E-state index is 12.2. The van der Waals surface area contributed by atoms with E-state index in [1.54, 1.807) is 11.0 Å². The summed E-state index contributed by atoms with van der Waals surface area (Å²) in [7, 11) is 0. The zero-order chi connectivity index (χ0) is 18.6. The molecule has 1 saturated heterocycles. The molecule has 0 atom stereocenters. The number of amides is 1. The Kier molecular flexibility index (Phi) is 5.47. The summed E-state index contributed by atoms with van der Waals surface area (Å²) in [6, 6.07) is 6.30. The number of nitro benzene ring substituents is 1. The summed E-state index contributed by atoms with van der Waals surface area (Å²) < 4.78 is 5.40. The largest absolute Gasteiger partial charge is 0.444 e. The van der Waals surface area contributed by atoms with Crippen LogP contribution in [0.15, 0.2) is 18.2 Å². The SMILES string of the molecule is CC(C)(C)OC(=O)N1CCCN(c2ccc([N+](=O)[O-])cc2C#N)CC1. The first-order valence-electron chi connectivity index (χ1n) is 8.12. The van der Waals surface area contributed by atoms with Crippen molar-refractivity contribution < 1.29 is 14.5 Å². The average molecular weight is 346 g/mol. The van der Waals surface area contributed by atoms with Gasteiger partial charge in [0.05, 0.1) is 16.2 Å². The Morgan fingerprint density at radius 3 is 2.60 bits per heavy atom. The monoisotopic (exact) mass is 346 g/mol. The third-order valence-corrected chi connectivity index (χ3v) is 3.80. The zero-order valence-electron chi connectivity index (χ0n) is 14.7. The Bertz CT molecular complexity index is 706. The first-order valence-corrected chi connectivity index (χ1v) is 8.12. The van der Waals surface area contributed by atoms with Gasteiger partial charge in [0, 0.05) is 38.3 Å². The van der Waals surface area contributed by atoms with E-state index in [9.17, 15) is 20.2 Å². The van der Waals surface area contributed by atoms with E-state index in [1.807, 2.05) is 31.7 Å². The predicted octanol–water partition coefficient (Wildman–Crippen LogP) is 2.91. The number of hydrogen-bond donors (Lipinski definition) is 0. The molecule has 0 spiro atoms. The molecule has 25 heavy (non-hydrogen) atoms. The van der Waals surface area contributed by atoms with Crippen molar-refractivity contribution in [1.29, 1.82) is 5.26 Å². The fraction of sp³-hybridized carbons (Fsp3) is 0.529. The number of nitriles is 1. The molecule has 0 bridgehead atoms. The van der Waals surface area contributed by atoms with Gasteiger partial charge >= 0.3 is 6.09 Å². The molecule has 1 amide bonds. The number of nitrogens with zero attached hydrogens (tertiary/aromatic N) is 4. The second-order valence-electron chi connectivity index (χ2n) is 6.88. The molecule has 1 heterocycles. The molecule has 0 aromatic heterocycles. The minimum Gasteiger partial charge on any atom is -0.444 e. The van der Waals surface area contributed by atoms with Gasteiger partial charge in [-0.1, -0.05) is 0 Å². The molecule has 0 saturated carbocycles. The Hall–Kier alpha value is -2.82. The highest BCUT2D eigenvalue weighted by atomic mass is 16.6. The van der Waals surface area contributed by atoms with Gasteiger partial charge < -0.3 is 14.5 Å². The average Bonchev–Trinajstić information content (AvgIpc) is 2.78. The standard InChI is InChI=1S/C17H22N4O4/c1-17(2,3)25-16(22)20-8-4-7-19(9-10-20)15-6-5-14(21(23)24)11-13(15)12-18/h5-6,11H,4,7-10H2,1-3H3. The van der Waals surface area contributed by atoms with Crippen molar-refractivity contribution in [2.24, 2.45) is 0 Å². The molecule has 0 N–H and O–H groups in total. The number of ether oxygens (including phenoxy) is 1. The summed E-state index contributed by atoms with van der Waals surface area (Å²) in [6.45, 7) is 7.70. The van der Waals surface area contributed by atoms with Gasteiger partial charge in [0.2, 0.25) is 0 Å². The van der Waals surface area contributed by atoms with E-state index >= 15 is 0 Å². The predicted molar refractivity (Wildman–Crippen MR) is 92.4 cm³/mol. The zero-order valence-corrected chi connectivity index (χ0v) is 14.7. The Morgan fingerprint density at radius 1 is 1.28 bits per heavy atom. The lowest BCUT2D eigenvalue weighted by atomic mass is 10.1. The Balaban J connectivity index is 2.12. The van der Waals surface area contributed by atoms with Crippen molar-refractivity contribution in [1.82, 2.24) is 4.90 Å². The lowest BCUT2D eigenvalue weighted by molar-refractivity contribution is -0.384. The molecule has 1 fully saturated rings. The van der Waals surface area contributed by atoms with Crippen LogP contribution in [0.5, 0.6) is 0 Å². The highest BCUT2D eigenvalue weighted by Gasteiger charge is 2.25. The molecule has 1 aromatic carbocycles. The van der Waals surface area contributed by atoms with E-state index in [-0.39, 0.29) is 17.3 Å². The van der Waals surface area contributed by atoms with E-state index in [4.69, 9.17) is 4.74 Å². The third-order valence-electron chi connectivity index (χ3n) is 3.80. The van der Waals surface area contributed by atoms with Crippen LogP contribution in [0, 0.1) is 21.4 Å². The van der Waals surface area contributed by atoms with Gasteiger partial charge in [0.25, 0.3) is 5.69 Å². The first kappa shape index (κ1) is 18.5. The van der Waals surface area contributed by atoms with Gasteiger partial charge in [-0.05, 0) is 33.3 Å². The molecular weight excluding hydrogens is 324 g/mol. The number of nitro groups is 1. The topological polar surface area (TPSA) is 99.7 Å².